The minimum atomic E-state index is -0.667. The third kappa shape index (κ3) is 3.46. The van der Waals surface area contributed by atoms with E-state index in [0.29, 0.717) is 30.4 Å². The number of rotatable bonds is 6. The fraction of sp³-hybridized carbons (Fsp3) is 0.611. The van der Waals surface area contributed by atoms with E-state index >= 15 is 0 Å². The number of hydrogen-bond donors (Lipinski definition) is 0. The molecule has 0 spiro atoms. The summed E-state index contributed by atoms with van der Waals surface area (Å²) in [5, 5.41) is 0. The van der Waals surface area contributed by atoms with Crippen LogP contribution in [0.2, 0.25) is 0 Å². The van der Waals surface area contributed by atoms with Crippen LogP contribution in [0, 0.1) is 5.92 Å². The van der Waals surface area contributed by atoms with Gasteiger partial charge in [-0.15, -0.1) is 0 Å². The molecule has 0 N–H and O–H groups in total. The Kier molecular flexibility index (Phi) is 5.40. The second-order valence-corrected chi connectivity index (χ2v) is 5.89. The molecule has 2 atom stereocenters. The van der Waals surface area contributed by atoms with Crippen molar-refractivity contribution in [2.45, 2.75) is 52.1 Å². The van der Waals surface area contributed by atoms with Gasteiger partial charge >= 0.3 is 0 Å². The van der Waals surface area contributed by atoms with Crippen molar-refractivity contribution in [1.29, 1.82) is 0 Å². The Bertz CT molecular complexity index is 479. The maximum Gasteiger partial charge on any atom is 0.198 e. The molecule has 1 aliphatic rings. The molecule has 1 aromatic carbocycles. The van der Waals surface area contributed by atoms with Crippen LogP contribution in [-0.4, -0.2) is 24.6 Å². The summed E-state index contributed by atoms with van der Waals surface area (Å²) in [6.45, 7) is 7.22. The predicted molar refractivity (Wildman–Crippen MR) is 83.9 cm³/mol. The number of hydrogen-bond acceptors (Lipinski definition) is 3. The molecular weight excluding hydrogens is 264 g/mol. The van der Waals surface area contributed by atoms with Crippen molar-refractivity contribution in [3.8, 4) is 5.75 Å². The normalized spacial score (nSPS) is 25.6. The molecule has 3 nitrogen and oxygen atoms in total. The zero-order valence-corrected chi connectivity index (χ0v) is 13.4. The summed E-state index contributed by atoms with van der Waals surface area (Å²) in [5.74, 6) is 1.27. The number of carbonyl (C=O) groups excluding carboxylic acids is 1. The van der Waals surface area contributed by atoms with Crippen LogP contribution >= 0.6 is 0 Å². The van der Waals surface area contributed by atoms with Gasteiger partial charge < -0.3 is 9.47 Å². The van der Waals surface area contributed by atoms with Crippen molar-refractivity contribution in [2.24, 2.45) is 5.92 Å². The van der Waals surface area contributed by atoms with Crippen LogP contribution in [0.25, 0.3) is 0 Å². The highest BCUT2D eigenvalue weighted by atomic mass is 16.5. The van der Waals surface area contributed by atoms with Crippen LogP contribution in [0.15, 0.2) is 24.3 Å². The topological polar surface area (TPSA) is 35.5 Å². The molecule has 0 aromatic heterocycles. The number of benzene rings is 1. The maximum absolute atomic E-state index is 13.1. The van der Waals surface area contributed by atoms with Crippen molar-refractivity contribution in [3.05, 3.63) is 29.8 Å². The van der Waals surface area contributed by atoms with Gasteiger partial charge in [0.25, 0.3) is 0 Å². The minimum Gasteiger partial charge on any atom is -0.493 e. The second-order valence-electron chi connectivity index (χ2n) is 5.89. The number of Topliss-reactive ketones (excluding diaryl/α,β-unsaturated/α-hetero) is 1. The first-order chi connectivity index (χ1) is 10.1. The quantitative estimate of drug-likeness (QED) is 0.735. The van der Waals surface area contributed by atoms with Gasteiger partial charge in [0.05, 0.1) is 12.2 Å². The number of ether oxygens (including phenoxy) is 2. The SMILES string of the molecule is CCOc1ccccc1C(=O)C1(OCC)CCCC(C)C1. The van der Waals surface area contributed by atoms with Crippen molar-refractivity contribution in [1.82, 2.24) is 0 Å². The van der Waals surface area contributed by atoms with Crippen LogP contribution in [0.1, 0.15) is 56.8 Å². The Balaban J connectivity index is 2.34. The highest BCUT2D eigenvalue weighted by Gasteiger charge is 2.43. The van der Waals surface area contributed by atoms with E-state index in [9.17, 15) is 4.79 Å². The monoisotopic (exact) mass is 290 g/mol. The van der Waals surface area contributed by atoms with Crippen LogP contribution in [0.3, 0.4) is 0 Å². The third-order valence-electron chi connectivity index (χ3n) is 4.22. The van der Waals surface area contributed by atoms with Crippen LogP contribution in [-0.2, 0) is 4.74 Å². The van der Waals surface area contributed by atoms with Gasteiger partial charge in [0, 0.05) is 6.61 Å². The first kappa shape index (κ1) is 16.0. The lowest BCUT2D eigenvalue weighted by Gasteiger charge is -2.38. The fourth-order valence-corrected chi connectivity index (χ4v) is 3.36. The minimum absolute atomic E-state index is 0.0833. The number of ketones is 1. The molecule has 0 aliphatic heterocycles. The second kappa shape index (κ2) is 7.08. The lowest BCUT2D eigenvalue weighted by atomic mass is 9.74. The standard InChI is InChI=1S/C18H26O3/c1-4-20-16-11-7-6-10-15(16)17(19)18(21-5-2)12-8-9-14(3)13-18/h6-7,10-11,14H,4-5,8-9,12-13H2,1-3H3. The molecular formula is C18H26O3. The molecule has 3 heteroatoms. The highest BCUT2D eigenvalue weighted by Crippen LogP contribution is 2.39. The van der Waals surface area contributed by atoms with E-state index in [2.05, 4.69) is 6.92 Å². The summed E-state index contributed by atoms with van der Waals surface area (Å²) < 4.78 is 11.6. The Morgan fingerprint density at radius 2 is 2.05 bits per heavy atom. The molecule has 0 bridgehead atoms. The first-order valence-corrected chi connectivity index (χ1v) is 8.03. The molecule has 0 radical (unpaired) electrons. The fourth-order valence-electron chi connectivity index (χ4n) is 3.36. The van der Waals surface area contributed by atoms with Crippen LogP contribution in [0.5, 0.6) is 5.75 Å². The van der Waals surface area contributed by atoms with Gasteiger partial charge in [0.1, 0.15) is 11.4 Å². The van der Waals surface area contributed by atoms with Crippen molar-refractivity contribution >= 4 is 5.78 Å². The highest BCUT2D eigenvalue weighted by molar-refractivity contribution is 6.04. The average Bonchev–Trinajstić information content (AvgIpc) is 2.48. The van der Waals surface area contributed by atoms with E-state index < -0.39 is 5.60 Å². The van der Waals surface area contributed by atoms with E-state index in [4.69, 9.17) is 9.47 Å². The summed E-state index contributed by atoms with van der Waals surface area (Å²) in [6, 6.07) is 7.51. The molecule has 0 saturated heterocycles. The lowest BCUT2D eigenvalue weighted by Crippen LogP contribution is -2.45. The molecule has 1 saturated carbocycles. The van der Waals surface area contributed by atoms with Crippen LogP contribution < -0.4 is 4.74 Å². The molecule has 0 heterocycles. The largest absolute Gasteiger partial charge is 0.493 e. The van der Waals surface area contributed by atoms with Crippen molar-refractivity contribution < 1.29 is 14.3 Å². The summed E-state index contributed by atoms with van der Waals surface area (Å²) in [5.41, 5.74) is -0.0125. The smallest absolute Gasteiger partial charge is 0.198 e. The number of carbonyl (C=O) groups is 1. The molecule has 2 rings (SSSR count). The summed E-state index contributed by atoms with van der Waals surface area (Å²) in [7, 11) is 0. The maximum atomic E-state index is 13.1. The van der Waals surface area contributed by atoms with E-state index in [1.165, 1.54) is 6.42 Å². The molecule has 2 unspecified atom stereocenters. The van der Waals surface area contributed by atoms with Gasteiger partial charge in [-0.1, -0.05) is 25.5 Å². The van der Waals surface area contributed by atoms with Crippen molar-refractivity contribution in [3.63, 3.8) is 0 Å². The van der Waals surface area contributed by atoms with Gasteiger partial charge in [-0.2, -0.15) is 0 Å². The zero-order chi connectivity index (χ0) is 15.3. The van der Waals surface area contributed by atoms with Crippen molar-refractivity contribution in [2.75, 3.05) is 13.2 Å². The Hall–Kier alpha value is -1.35. The van der Waals surface area contributed by atoms with Gasteiger partial charge in [0.2, 0.25) is 0 Å². The van der Waals surface area contributed by atoms with E-state index in [1.807, 2.05) is 38.1 Å². The van der Waals surface area contributed by atoms with E-state index in [-0.39, 0.29) is 5.78 Å². The van der Waals surface area contributed by atoms with Crippen LogP contribution in [0.4, 0.5) is 0 Å². The van der Waals surface area contributed by atoms with E-state index in [0.717, 1.165) is 19.3 Å². The number of para-hydroxylation sites is 1. The summed E-state index contributed by atoms with van der Waals surface area (Å²) >= 11 is 0. The first-order valence-electron chi connectivity index (χ1n) is 8.03. The summed E-state index contributed by atoms with van der Waals surface area (Å²) in [4.78, 5) is 13.1. The molecule has 116 valence electrons. The third-order valence-corrected chi connectivity index (χ3v) is 4.22. The van der Waals surface area contributed by atoms with Gasteiger partial charge in [-0.25, -0.2) is 0 Å². The van der Waals surface area contributed by atoms with Gasteiger partial charge in [-0.3, -0.25) is 4.79 Å². The zero-order valence-electron chi connectivity index (χ0n) is 13.4. The Morgan fingerprint density at radius 3 is 2.71 bits per heavy atom. The Morgan fingerprint density at radius 1 is 1.29 bits per heavy atom. The average molecular weight is 290 g/mol. The molecule has 1 aliphatic carbocycles. The van der Waals surface area contributed by atoms with E-state index in [1.54, 1.807) is 0 Å². The molecule has 1 aromatic rings. The summed E-state index contributed by atoms with van der Waals surface area (Å²) in [6.07, 6.45) is 3.84. The molecule has 1 fully saturated rings. The molecule has 0 amide bonds. The molecule has 21 heavy (non-hydrogen) atoms. The van der Waals surface area contributed by atoms with Gasteiger partial charge in [0.15, 0.2) is 5.78 Å². The lowest BCUT2D eigenvalue weighted by molar-refractivity contribution is -0.0513. The predicted octanol–water partition coefficient (Wildman–Crippen LogP) is 4.25. The van der Waals surface area contributed by atoms with Gasteiger partial charge in [-0.05, 0) is 51.2 Å². The Labute approximate surface area is 127 Å².